The van der Waals surface area contributed by atoms with Crippen molar-refractivity contribution >= 4 is 33.2 Å². The molecule has 3 aromatic rings. The lowest BCUT2D eigenvalue weighted by atomic mass is 10.2. The second-order valence-electron chi connectivity index (χ2n) is 6.59. The molecular weight excluding hydrogens is 422 g/mol. The maximum atomic E-state index is 12.6. The highest BCUT2D eigenvalue weighted by atomic mass is 79.9. The van der Waals surface area contributed by atoms with E-state index in [0.717, 1.165) is 37.2 Å². The monoisotopic (exact) mass is 441 g/mol. The smallest absolute Gasteiger partial charge is 0.255 e. The van der Waals surface area contributed by atoms with Crippen molar-refractivity contribution in [1.29, 1.82) is 0 Å². The van der Waals surface area contributed by atoms with Crippen molar-refractivity contribution in [2.24, 2.45) is 0 Å². The fraction of sp³-hybridized carbons (Fsp3) is 0.238. The van der Waals surface area contributed by atoms with E-state index in [-0.39, 0.29) is 5.91 Å². The van der Waals surface area contributed by atoms with Gasteiger partial charge in [0.15, 0.2) is 0 Å². The van der Waals surface area contributed by atoms with Gasteiger partial charge in [-0.15, -0.1) is 11.3 Å². The summed E-state index contributed by atoms with van der Waals surface area (Å²) in [7, 11) is 0. The highest BCUT2D eigenvalue weighted by Gasteiger charge is 2.22. The van der Waals surface area contributed by atoms with E-state index in [4.69, 9.17) is 0 Å². The van der Waals surface area contributed by atoms with Gasteiger partial charge in [0.1, 0.15) is 0 Å². The number of aromatic nitrogens is 1. The molecule has 0 atom stereocenters. The lowest BCUT2D eigenvalue weighted by Crippen LogP contribution is -2.48. The first-order valence-corrected chi connectivity index (χ1v) is 10.6. The van der Waals surface area contributed by atoms with Crippen LogP contribution in [0.1, 0.15) is 15.2 Å². The average Bonchev–Trinajstić information content (AvgIpc) is 3.17. The fourth-order valence-electron chi connectivity index (χ4n) is 3.26. The van der Waals surface area contributed by atoms with Gasteiger partial charge in [-0.25, -0.2) is 0 Å². The largest absolute Gasteiger partial charge is 0.336 e. The first-order valence-electron chi connectivity index (χ1n) is 8.95. The summed E-state index contributed by atoms with van der Waals surface area (Å²) in [6, 6.07) is 16.7. The van der Waals surface area contributed by atoms with Gasteiger partial charge in [0.25, 0.3) is 5.91 Å². The van der Waals surface area contributed by atoms with Gasteiger partial charge in [0, 0.05) is 59.3 Å². The molecule has 0 spiro atoms. The molecule has 1 aliphatic rings. The number of carbonyl (C=O) groups excluding carboxylic acids is 1. The molecule has 0 unspecified atom stereocenters. The van der Waals surface area contributed by atoms with Crippen molar-refractivity contribution in [1.82, 2.24) is 14.8 Å². The van der Waals surface area contributed by atoms with E-state index in [1.54, 1.807) is 12.4 Å². The Hall–Kier alpha value is -2.02. The van der Waals surface area contributed by atoms with Gasteiger partial charge in [-0.3, -0.25) is 14.7 Å². The Labute approximate surface area is 171 Å². The third kappa shape index (κ3) is 4.46. The molecule has 4 nitrogen and oxygen atoms in total. The summed E-state index contributed by atoms with van der Waals surface area (Å²) in [5, 5.41) is 0. The molecule has 1 amide bonds. The van der Waals surface area contributed by atoms with Crippen molar-refractivity contribution in [3.63, 3.8) is 0 Å². The van der Waals surface area contributed by atoms with Gasteiger partial charge in [-0.1, -0.05) is 30.3 Å². The van der Waals surface area contributed by atoms with Crippen LogP contribution in [0.25, 0.3) is 10.4 Å². The van der Waals surface area contributed by atoms with E-state index in [2.05, 4.69) is 62.2 Å². The quantitative estimate of drug-likeness (QED) is 0.596. The van der Waals surface area contributed by atoms with Crippen molar-refractivity contribution < 1.29 is 4.79 Å². The molecule has 0 saturated carbocycles. The van der Waals surface area contributed by atoms with E-state index >= 15 is 0 Å². The standard InChI is InChI=1S/C21H20BrN3OS/c22-18-12-17(13-23-14-18)21(26)25-10-8-24(9-11-25)15-19-6-7-20(27-19)16-4-2-1-3-5-16/h1-7,12-14H,8-11,15H2. The molecule has 6 heteroatoms. The molecule has 1 aromatic carbocycles. The Bertz CT molecular complexity index is 920. The van der Waals surface area contributed by atoms with Gasteiger partial charge < -0.3 is 4.90 Å². The van der Waals surface area contributed by atoms with Crippen LogP contribution in [0.3, 0.4) is 0 Å². The molecule has 0 aliphatic carbocycles. The van der Waals surface area contributed by atoms with Crippen LogP contribution in [-0.4, -0.2) is 46.9 Å². The minimum atomic E-state index is 0.0611. The lowest BCUT2D eigenvalue weighted by Gasteiger charge is -2.34. The number of halogens is 1. The predicted molar refractivity (Wildman–Crippen MR) is 113 cm³/mol. The molecular formula is C21H20BrN3OS. The van der Waals surface area contributed by atoms with Crippen LogP contribution in [0, 0.1) is 0 Å². The van der Waals surface area contributed by atoms with Crippen molar-refractivity contribution in [3.05, 3.63) is 75.8 Å². The number of benzene rings is 1. The van der Waals surface area contributed by atoms with Gasteiger partial charge in [-0.2, -0.15) is 0 Å². The molecule has 1 saturated heterocycles. The van der Waals surface area contributed by atoms with Gasteiger partial charge >= 0.3 is 0 Å². The fourth-order valence-corrected chi connectivity index (χ4v) is 4.68. The molecule has 1 aliphatic heterocycles. The Morgan fingerprint density at radius 2 is 1.81 bits per heavy atom. The molecule has 0 radical (unpaired) electrons. The number of rotatable bonds is 4. The summed E-state index contributed by atoms with van der Waals surface area (Å²) in [6.07, 6.45) is 3.33. The van der Waals surface area contributed by atoms with Crippen LogP contribution in [0.5, 0.6) is 0 Å². The number of nitrogens with zero attached hydrogens (tertiary/aromatic N) is 3. The van der Waals surface area contributed by atoms with Crippen LogP contribution in [-0.2, 0) is 6.54 Å². The Morgan fingerprint density at radius 3 is 2.56 bits per heavy atom. The van der Waals surface area contributed by atoms with E-state index in [1.165, 1.54) is 15.3 Å². The number of hydrogen-bond acceptors (Lipinski definition) is 4. The number of hydrogen-bond donors (Lipinski definition) is 0. The van der Waals surface area contributed by atoms with E-state index in [9.17, 15) is 4.79 Å². The highest BCUT2D eigenvalue weighted by Crippen LogP contribution is 2.28. The average molecular weight is 442 g/mol. The number of piperazine rings is 1. The highest BCUT2D eigenvalue weighted by molar-refractivity contribution is 9.10. The lowest BCUT2D eigenvalue weighted by molar-refractivity contribution is 0.0629. The molecule has 27 heavy (non-hydrogen) atoms. The van der Waals surface area contributed by atoms with E-state index in [1.807, 2.05) is 28.4 Å². The number of pyridine rings is 1. The van der Waals surface area contributed by atoms with E-state index < -0.39 is 0 Å². The van der Waals surface area contributed by atoms with Crippen LogP contribution in [0.15, 0.2) is 65.4 Å². The summed E-state index contributed by atoms with van der Waals surface area (Å²) >= 11 is 5.23. The number of thiophene rings is 1. The summed E-state index contributed by atoms with van der Waals surface area (Å²) in [5.41, 5.74) is 1.91. The van der Waals surface area contributed by atoms with Crippen LogP contribution in [0.4, 0.5) is 0 Å². The minimum Gasteiger partial charge on any atom is -0.336 e. The third-order valence-corrected chi connectivity index (χ3v) is 6.26. The number of carbonyl (C=O) groups is 1. The summed E-state index contributed by atoms with van der Waals surface area (Å²) in [5.74, 6) is 0.0611. The van der Waals surface area contributed by atoms with Crippen LogP contribution in [0.2, 0.25) is 0 Å². The topological polar surface area (TPSA) is 36.4 Å². The first kappa shape index (κ1) is 18.3. The molecule has 2 aromatic heterocycles. The van der Waals surface area contributed by atoms with Crippen LogP contribution < -0.4 is 0 Å². The Kier molecular flexibility index (Phi) is 5.66. The van der Waals surface area contributed by atoms with Gasteiger partial charge in [-0.05, 0) is 39.7 Å². The minimum absolute atomic E-state index is 0.0611. The maximum absolute atomic E-state index is 12.6. The molecule has 0 N–H and O–H groups in total. The van der Waals surface area contributed by atoms with Crippen LogP contribution >= 0.6 is 27.3 Å². The SMILES string of the molecule is O=C(c1cncc(Br)c1)N1CCN(Cc2ccc(-c3ccccc3)s2)CC1. The second-order valence-corrected chi connectivity index (χ2v) is 8.68. The zero-order chi connectivity index (χ0) is 18.6. The predicted octanol–water partition coefficient (Wildman–Crippen LogP) is 4.53. The summed E-state index contributed by atoms with van der Waals surface area (Å²) in [4.78, 5) is 23.7. The normalized spacial score (nSPS) is 15.1. The first-order chi connectivity index (χ1) is 13.2. The Balaban J connectivity index is 1.33. The molecule has 138 valence electrons. The molecule has 4 rings (SSSR count). The summed E-state index contributed by atoms with van der Waals surface area (Å²) in [6.45, 7) is 4.24. The van der Waals surface area contributed by atoms with Gasteiger partial charge in [0.05, 0.1) is 5.56 Å². The van der Waals surface area contributed by atoms with E-state index in [0.29, 0.717) is 5.56 Å². The molecule has 3 heterocycles. The molecule has 1 fully saturated rings. The van der Waals surface area contributed by atoms with Crippen molar-refractivity contribution in [2.75, 3.05) is 26.2 Å². The Morgan fingerprint density at radius 1 is 1.04 bits per heavy atom. The zero-order valence-corrected chi connectivity index (χ0v) is 17.2. The summed E-state index contributed by atoms with van der Waals surface area (Å²) < 4.78 is 0.832. The van der Waals surface area contributed by atoms with Crippen molar-refractivity contribution in [2.45, 2.75) is 6.54 Å². The number of amides is 1. The van der Waals surface area contributed by atoms with Crippen molar-refractivity contribution in [3.8, 4) is 10.4 Å². The molecule has 0 bridgehead atoms. The third-order valence-electron chi connectivity index (χ3n) is 4.71. The second kappa shape index (κ2) is 8.33. The van der Waals surface area contributed by atoms with Gasteiger partial charge in [0.2, 0.25) is 0 Å². The maximum Gasteiger partial charge on any atom is 0.255 e. The zero-order valence-electron chi connectivity index (χ0n) is 14.8.